The van der Waals surface area contributed by atoms with Gasteiger partial charge in [0.15, 0.2) is 0 Å². The fourth-order valence-corrected chi connectivity index (χ4v) is 1.71. The summed E-state index contributed by atoms with van der Waals surface area (Å²) < 4.78 is 0. The minimum atomic E-state index is -0.248. The van der Waals surface area contributed by atoms with Crippen LogP contribution >= 0.6 is 0 Å². The Balaban J connectivity index is 0.000000367. The van der Waals surface area contributed by atoms with E-state index in [1.54, 1.807) is 6.92 Å². The van der Waals surface area contributed by atoms with Gasteiger partial charge in [-0.1, -0.05) is 12.8 Å². The molecule has 0 spiro atoms. The summed E-state index contributed by atoms with van der Waals surface area (Å²) in [7, 11) is 1.31. The summed E-state index contributed by atoms with van der Waals surface area (Å²) in [4.78, 5) is 46.0. The van der Waals surface area contributed by atoms with Gasteiger partial charge in [-0.15, -0.1) is 0 Å². The molecular formula is C14H23NO5. The number of nitrogens with zero attached hydrogens (tertiary/aromatic N) is 1. The average Bonchev–Trinajstić information content (AvgIpc) is 2.73. The molecular weight excluding hydrogens is 262 g/mol. The summed E-state index contributed by atoms with van der Waals surface area (Å²) >= 11 is 0. The van der Waals surface area contributed by atoms with E-state index in [-0.39, 0.29) is 30.4 Å². The van der Waals surface area contributed by atoms with Crippen LogP contribution in [0.4, 0.5) is 0 Å². The topological polar surface area (TPSA) is 80.8 Å². The molecule has 0 aromatic heterocycles. The van der Waals surface area contributed by atoms with Gasteiger partial charge in [0.1, 0.15) is 12.1 Å². The fraction of sp³-hybridized carbons (Fsp3) is 0.714. The number of Topliss-reactive ketones (excluding diaryl/α,β-unsaturated/α-hetero) is 1. The minimum Gasteiger partial charge on any atom is -0.303 e. The first-order chi connectivity index (χ1) is 9.52. The Bertz CT molecular complexity index is 324. The summed E-state index contributed by atoms with van der Waals surface area (Å²) in [6, 6.07) is 0. The number of amides is 2. The lowest BCUT2D eigenvalue weighted by atomic mass is 10.1. The first kappa shape index (κ1) is 18.4. The monoisotopic (exact) mass is 285 g/mol. The van der Waals surface area contributed by atoms with Crippen molar-refractivity contribution in [2.75, 3.05) is 7.11 Å². The standard InChI is InChI=1S/C9H16O2.C5H7NO3/c1-9(11)7-5-3-2-4-6-8-10;1-9-6-4(7)2-3-5(6)8/h8H,2-7H2,1H3;2-3H2,1H3. The minimum absolute atomic E-state index is 0.248. The van der Waals surface area contributed by atoms with Crippen LogP contribution in [0.15, 0.2) is 0 Å². The third kappa shape index (κ3) is 8.53. The number of hydroxylamine groups is 2. The first-order valence-corrected chi connectivity index (χ1v) is 6.86. The number of unbranched alkanes of at least 4 members (excludes halogenated alkanes) is 4. The van der Waals surface area contributed by atoms with Crippen LogP contribution < -0.4 is 0 Å². The van der Waals surface area contributed by atoms with Gasteiger partial charge in [0.25, 0.3) is 11.8 Å². The maximum Gasteiger partial charge on any atom is 0.253 e. The van der Waals surface area contributed by atoms with E-state index in [9.17, 15) is 19.2 Å². The van der Waals surface area contributed by atoms with Crippen LogP contribution in [-0.2, 0) is 24.0 Å². The molecule has 1 aliphatic rings. The SMILES string of the molecule is CC(=O)CCCCCCC=O.CON1C(=O)CCC1=O. The van der Waals surface area contributed by atoms with Crippen molar-refractivity contribution in [3.05, 3.63) is 0 Å². The number of carbonyl (C=O) groups excluding carboxylic acids is 4. The maximum absolute atomic E-state index is 10.6. The number of imide groups is 1. The van der Waals surface area contributed by atoms with E-state index >= 15 is 0 Å². The highest BCUT2D eigenvalue weighted by molar-refractivity contribution is 6.00. The van der Waals surface area contributed by atoms with Crippen molar-refractivity contribution < 1.29 is 24.0 Å². The number of rotatable bonds is 8. The molecule has 0 aromatic rings. The molecule has 1 fully saturated rings. The first-order valence-electron chi connectivity index (χ1n) is 6.86. The van der Waals surface area contributed by atoms with Gasteiger partial charge in [0.2, 0.25) is 0 Å². The van der Waals surface area contributed by atoms with E-state index in [2.05, 4.69) is 4.84 Å². The molecule has 20 heavy (non-hydrogen) atoms. The Kier molecular flexibility index (Phi) is 10.4. The lowest BCUT2D eigenvalue weighted by Crippen LogP contribution is -2.27. The van der Waals surface area contributed by atoms with Gasteiger partial charge in [-0.25, -0.2) is 0 Å². The predicted octanol–water partition coefficient (Wildman–Crippen LogP) is 1.81. The molecule has 0 saturated carbocycles. The maximum atomic E-state index is 10.6. The number of ketones is 1. The summed E-state index contributed by atoms with van der Waals surface area (Å²) in [5.74, 6) is -0.231. The predicted molar refractivity (Wildman–Crippen MR) is 72.5 cm³/mol. The van der Waals surface area contributed by atoms with Crippen LogP contribution in [0.1, 0.15) is 58.3 Å². The van der Waals surface area contributed by atoms with E-state index < -0.39 is 0 Å². The molecule has 1 rings (SSSR count). The fourth-order valence-electron chi connectivity index (χ4n) is 1.71. The molecule has 0 radical (unpaired) electrons. The van der Waals surface area contributed by atoms with Crippen LogP contribution in [0.25, 0.3) is 0 Å². The lowest BCUT2D eigenvalue weighted by molar-refractivity contribution is -0.179. The molecule has 0 atom stereocenters. The third-order valence-corrected chi connectivity index (χ3v) is 2.79. The molecule has 0 unspecified atom stereocenters. The second kappa shape index (κ2) is 11.3. The van der Waals surface area contributed by atoms with E-state index in [1.807, 2.05) is 0 Å². The van der Waals surface area contributed by atoms with Crippen molar-refractivity contribution in [2.45, 2.75) is 58.3 Å². The summed E-state index contributed by atoms with van der Waals surface area (Å²) in [6.45, 7) is 1.62. The van der Waals surface area contributed by atoms with Gasteiger partial charge in [-0.2, -0.15) is 5.06 Å². The van der Waals surface area contributed by atoms with E-state index in [0.717, 1.165) is 37.0 Å². The van der Waals surface area contributed by atoms with Gasteiger partial charge in [-0.05, 0) is 19.8 Å². The van der Waals surface area contributed by atoms with Crippen LogP contribution in [-0.4, -0.2) is 36.1 Å². The number of hydrogen-bond acceptors (Lipinski definition) is 5. The molecule has 0 bridgehead atoms. The highest BCUT2D eigenvalue weighted by Gasteiger charge is 2.28. The molecule has 6 nitrogen and oxygen atoms in total. The van der Waals surface area contributed by atoms with Gasteiger partial charge < -0.3 is 9.59 Å². The Morgan fingerprint density at radius 2 is 1.70 bits per heavy atom. The zero-order chi connectivity index (χ0) is 15.4. The molecule has 1 heterocycles. The second-order valence-corrected chi connectivity index (χ2v) is 4.59. The number of aldehydes is 1. The zero-order valence-electron chi connectivity index (χ0n) is 12.2. The Morgan fingerprint density at radius 3 is 2.10 bits per heavy atom. The van der Waals surface area contributed by atoms with Crippen molar-refractivity contribution in [1.82, 2.24) is 5.06 Å². The van der Waals surface area contributed by atoms with Gasteiger partial charge >= 0.3 is 0 Å². The van der Waals surface area contributed by atoms with Crippen molar-refractivity contribution >= 4 is 23.9 Å². The van der Waals surface area contributed by atoms with Crippen molar-refractivity contribution in [2.24, 2.45) is 0 Å². The van der Waals surface area contributed by atoms with Crippen LogP contribution in [0.3, 0.4) is 0 Å². The summed E-state index contributed by atoms with van der Waals surface area (Å²) in [6.07, 6.45) is 6.99. The largest absolute Gasteiger partial charge is 0.303 e. The molecule has 114 valence electrons. The lowest BCUT2D eigenvalue weighted by Gasteiger charge is -2.07. The smallest absolute Gasteiger partial charge is 0.253 e. The molecule has 0 aliphatic carbocycles. The molecule has 2 amide bonds. The van der Waals surface area contributed by atoms with Crippen molar-refractivity contribution in [1.29, 1.82) is 0 Å². The van der Waals surface area contributed by atoms with Gasteiger partial charge in [0.05, 0.1) is 7.11 Å². The van der Waals surface area contributed by atoms with Crippen molar-refractivity contribution in [3.63, 3.8) is 0 Å². The molecule has 0 N–H and O–H groups in total. The highest BCUT2D eigenvalue weighted by atomic mass is 16.7. The Hall–Kier alpha value is -1.56. The second-order valence-electron chi connectivity index (χ2n) is 4.59. The van der Waals surface area contributed by atoms with E-state index in [0.29, 0.717) is 12.8 Å². The van der Waals surface area contributed by atoms with Gasteiger partial charge in [-0.3, -0.25) is 14.4 Å². The number of hydrogen-bond donors (Lipinski definition) is 0. The molecule has 1 saturated heterocycles. The summed E-state index contributed by atoms with van der Waals surface area (Å²) in [5.41, 5.74) is 0. The van der Waals surface area contributed by atoms with Crippen LogP contribution in [0.5, 0.6) is 0 Å². The highest BCUT2D eigenvalue weighted by Crippen LogP contribution is 2.10. The zero-order valence-corrected chi connectivity index (χ0v) is 12.2. The third-order valence-electron chi connectivity index (χ3n) is 2.79. The van der Waals surface area contributed by atoms with Gasteiger partial charge in [0, 0.05) is 25.7 Å². The molecule has 0 aromatic carbocycles. The number of carbonyl (C=O) groups is 4. The average molecular weight is 285 g/mol. The van der Waals surface area contributed by atoms with Crippen LogP contribution in [0, 0.1) is 0 Å². The normalized spacial score (nSPS) is 14.0. The van der Waals surface area contributed by atoms with E-state index in [4.69, 9.17) is 0 Å². The van der Waals surface area contributed by atoms with E-state index in [1.165, 1.54) is 7.11 Å². The summed E-state index contributed by atoms with van der Waals surface area (Å²) in [5, 5.41) is 0.792. The Labute approximate surface area is 119 Å². The van der Waals surface area contributed by atoms with Crippen LogP contribution in [0.2, 0.25) is 0 Å². The molecule has 1 aliphatic heterocycles. The van der Waals surface area contributed by atoms with Crippen molar-refractivity contribution in [3.8, 4) is 0 Å². The molecule has 6 heteroatoms. The quantitative estimate of drug-likeness (QED) is 0.386. The Morgan fingerprint density at radius 1 is 1.15 bits per heavy atom.